The van der Waals surface area contributed by atoms with E-state index in [4.69, 9.17) is 10.5 Å². The van der Waals surface area contributed by atoms with Gasteiger partial charge in [-0.1, -0.05) is 0 Å². The number of ether oxygens (including phenoxy) is 1. The van der Waals surface area contributed by atoms with Crippen LogP contribution in [0.2, 0.25) is 0 Å². The molecule has 1 aromatic rings. The highest BCUT2D eigenvalue weighted by Gasteiger charge is 2.13. The molecule has 0 saturated carbocycles. The van der Waals surface area contributed by atoms with Gasteiger partial charge in [-0.3, -0.25) is 0 Å². The molecular formula is C11H19ClN2O3S. The monoisotopic (exact) mass is 294 g/mol. The number of halogens is 1. The number of hydrogen-bond donors (Lipinski definition) is 2. The predicted molar refractivity (Wildman–Crippen MR) is 73.7 cm³/mol. The van der Waals surface area contributed by atoms with Crippen LogP contribution in [-0.4, -0.2) is 28.1 Å². The van der Waals surface area contributed by atoms with Crippen molar-refractivity contribution in [1.29, 1.82) is 0 Å². The van der Waals surface area contributed by atoms with Gasteiger partial charge in [0.1, 0.15) is 5.75 Å². The molecule has 0 aliphatic heterocycles. The molecule has 0 aliphatic carbocycles. The number of nitrogens with one attached hydrogen (secondary N) is 1. The number of hydrogen-bond acceptors (Lipinski definition) is 4. The second kappa shape index (κ2) is 7.58. The zero-order valence-corrected chi connectivity index (χ0v) is 12.1. The van der Waals surface area contributed by atoms with E-state index in [2.05, 4.69) is 4.72 Å². The van der Waals surface area contributed by atoms with Crippen molar-refractivity contribution in [2.24, 2.45) is 5.73 Å². The van der Waals surface area contributed by atoms with Gasteiger partial charge in [-0.15, -0.1) is 12.4 Å². The summed E-state index contributed by atoms with van der Waals surface area (Å²) in [5.41, 5.74) is 5.55. The molecule has 1 unspecified atom stereocenters. The van der Waals surface area contributed by atoms with Gasteiger partial charge >= 0.3 is 0 Å². The molecule has 0 aliphatic rings. The van der Waals surface area contributed by atoms with Crippen LogP contribution in [0.5, 0.6) is 5.75 Å². The van der Waals surface area contributed by atoms with Gasteiger partial charge in [-0.05, 0) is 37.6 Å². The molecule has 1 aromatic carbocycles. The summed E-state index contributed by atoms with van der Waals surface area (Å²) in [5.74, 6) is 0.625. The van der Waals surface area contributed by atoms with Crippen molar-refractivity contribution in [2.45, 2.75) is 24.3 Å². The normalized spacial score (nSPS) is 12.6. The molecule has 1 atom stereocenters. The minimum atomic E-state index is -3.44. The van der Waals surface area contributed by atoms with Gasteiger partial charge in [0.2, 0.25) is 10.0 Å². The first-order valence-corrected chi connectivity index (χ1v) is 6.83. The van der Waals surface area contributed by atoms with Gasteiger partial charge in [-0.25, -0.2) is 13.1 Å². The van der Waals surface area contributed by atoms with E-state index < -0.39 is 10.0 Å². The third-order valence-electron chi connectivity index (χ3n) is 2.26. The largest absolute Gasteiger partial charge is 0.497 e. The summed E-state index contributed by atoms with van der Waals surface area (Å²) < 4.78 is 31.1. The standard InChI is InChI=1S/C11H18N2O3S.ClH/c1-9(12)7-8-13-17(14,15)11-5-3-10(16-2)4-6-11;/h3-6,9,13H,7-8,12H2,1-2H3;1H. The smallest absolute Gasteiger partial charge is 0.240 e. The maximum absolute atomic E-state index is 11.8. The second-order valence-electron chi connectivity index (χ2n) is 3.84. The number of rotatable bonds is 6. The maximum atomic E-state index is 11.8. The van der Waals surface area contributed by atoms with Crippen molar-refractivity contribution in [3.63, 3.8) is 0 Å². The van der Waals surface area contributed by atoms with Crippen molar-refractivity contribution in [1.82, 2.24) is 4.72 Å². The van der Waals surface area contributed by atoms with Crippen molar-refractivity contribution in [3.05, 3.63) is 24.3 Å². The third-order valence-corrected chi connectivity index (χ3v) is 3.74. The maximum Gasteiger partial charge on any atom is 0.240 e. The molecule has 18 heavy (non-hydrogen) atoms. The van der Waals surface area contributed by atoms with E-state index in [0.29, 0.717) is 18.7 Å². The Hall–Kier alpha value is -0.820. The average molecular weight is 295 g/mol. The van der Waals surface area contributed by atoms with Crippen LogP contribution < -0.4 is 15.2 Å². The lowest BCUT2D eigenvalue weighted by molar-refractivity contribution is 0.414. The van der Waals surface area contributed by atoms with Gasteiger partial charge in [-0.2, -0.15) is 0 Å². The molecule has 0 spiro atoms. The van der Waals surface area contributed by atoms with E-state index >= 15 is 0 Å². The van der Waals surface area contributed by atoms with Gasteiger partial charge < -0.3 is 10.5 Å². The number of sulfonamides is 1. The Labute approximate surface area is 114 Å². The molecule has 0 saturated heterocycles. The third kappa shape index (κ3) is 5.22. The lowest BCUT2D eigenvalue weighted by atomic mass is 10.3. The summed E-state index contributed by atoms with van der Waals surface area (Å²) in [7, 11) is -1.91. The predicted octanol–water partition coefficient (Wildman–Crippen LogP) is 1.13. The summed E-state index contributed by atoms with van der Waals surface area (Å²) in [6, 6.07) is 6.22. The van der Waals surface area contributed by atoms with Crippen LogP contribution in [-0.2, 0) is 10.0 Å². The quantitative estimate of drug-likeness (QED) is 0.824. The summed E-state index contributed by atoms with van der Waals surface area (Å²) in [5, 5.41) is 0. The summed E-state index contributed by atoms with van der Waals surface area (Å²) in [4.78, 5) is 0.225. The minimum Gasteiger partial charge on any atom is -0.497 e. The molecule has 0 aromatic heterocycles. The Bertz CT molecular complexity index is 446. The Morgan fingerprint density at radius 2 is 1.89 bits per heavy atom. The molecule has 104 valence electrons. The SMILES string of the molecule is COc1ccc(S(=O)(=O)NCCC(C)N)cc1.Cl. The van der Waals surface area contributed by atoms with E-state index in [1.165, 1.54) is 19.2 Å². The van der Waals surface area contributed by atoms with E-state index in [1.54, 1.807) is 12.1 Å². The summed E-state index contributed by atoms with van der Waals surface area (Å²) in [6.07, 6.45) is 0.607. The van der Waals surface area contributed by atoms with Crippen molar-refractivity contribution in [2.75, 3.05) is 13.7 Å². The first-order chi connectivity index (χ1) is 7.95. The van der Waals surface area contributed by atoms with Crippen LogP contribution in [0.4, 0.5) is 0 Å². The molecule has 0 fully saturated rings. The molecular weight excluding hydrogens is 276 g/mol. The van der Waals surface area contributed by atoms with Crippen LogP contribution in [0.15, 0.2) is 29.2 Å². The highest BCUT2D eigenvalue weighted by Crippen LogP contribution is 2.15. The molecule has 0 amide bonds. The van der Waals surface area contributed by atoms with Gasteiger partial charge in [0.15, 0.2) is 0 Å². The Balaban J connectivity index is 0.00000289. The van der Waals surface area contributed by atoms with Crippen LogP contribution >= 0.6 is 12.4 Å². The fourth-order valence-electron chi connectivity index (χ4n) is 1.26. The van der Waals surface area contributed by atoms with Crippen LogP contribution in [0.25, 0.3) is 0 Å². The van der Waals surface area contributed by atoms with E-state index in [-0.39, 0.29) is 23.3 Å². The number of nitrogens with two attached hydrogens (primary N) is 1. The lowest BCUT2D eigenvalue weighted by Crippen LogP contribution is -2.29. The Morgan fingerprint density at radius 3 is 2.33 bits per heavy atom. The zero-order chi connectivity index (χ0) is 12.9. The fourth-order valence-corrected chi connectivity index (χ4v) is 2.31. The first-order valence-electron chi connectivity index (χ1n) is 5.35. The van der Waals surface area contributed by atoms with E-state index in [0.717, 1.165) is 0 Å². The molecule has 3 N–H and O–H groups in total. The molecule has 0 bridgehead atoms. The average Bonchev–Trinajstić information content (AvgIpc) is 2.28. The molecule has 1 rings (SSSR count). The molecule has 5 nitrogen and oxygen atoms in total. The topological polar surface area (TPSA) is 81.4 Å². The fraction of sp³-hybridized carbons (Fsp3) is 0.455. The van der Waals surface area contributed by atoms with Crippen LogP contribution in [0.1, 0.15) is 13.3 Å². The van der Waals surface area contributed by atoms with Gasteiger partial charge in [0.25, 0.3) is 0 Å². The Morgan fingerprint density at radius 1 is 1.33 bits per heavy atom. The van der Waals surface area contributed by atoms with Crippen molar-refractivity contribution in [3.8, 4) is 5.75 Å². The van der Waals surface area contributed by atoms with Crippen molar-refractivity contribution >= 4 is 22.4 Å². The zero-order valence-electron chi connectivity index (χ0n) is 10.4. The molecule has 0 radical (unpaired) electrons. The van der Waals surface area contributed by atoms with Crippen LogP contribution in [0, 0.1) is 0 Å². The number of benzene rings is 1. The highest BCUT2D eigenvalue weighted by molar-refractivity contribution is 7.89. The highest BCUT2D eigenvalue weighted by atomic mass is 35.5. The van der Waals surface area contributed by atoms with Gasteiger partial charge in [0, 0.05) is 12.6 Å². The lowest BCUT2D eigenvalue weighted by Gasteiger charge is -2.08. The minimum absolute atomic E-state index is 0. The van der Waals surface area contributed by atoms with Crippen molar-refractivity contribution < 1.29 is 13.2 Å². The number of methoxy groups -OCH3 is 1. The Kier molecular flexibility index (Phi) is 7.23. The molecule has 0 heterocycles. The molecule has 7 heteroatoms. The van der Waals surface area contributed by atoms with Crippen LogP contribution in [0.3, 0.4) is 0 Å². The van der Waals surface area contributed by atoms with E-state index in [1.807, 2.05) is 6.92 Å². The summed E-state index contributed by atoms with van der Waals surface area (Å²) in [6.45, 7) is 2.17. The first kappa shape index (κ1) is 17.2. The summed E-state index contributed by atoms with van der Waals surface area (Å²) >= 11 is 0. The van der Waals surface area contributed by atoms with E-state index in [9.17, 15) is 8.42 Å². The van der Waals surface area contributed by atoms with Gasteiger partial charge in [0.05, 0.1) is 12.0 Å². The second-order valence-corrected chi connectivity index (χ2v) is 5.61.